The summed E-state index contributed by atoms with van der Waals surface area (Å²) in [6.07, 6.45) is 0. The fourth-order valence-electron chi connectivity index (χ4n) is 2.08. The van der Waals surface area contributed by atoms with E-state index in [4.69, 9.17) is 23.2 Å². The Hall–Kier alpha value is -0.350. The molecule has 2 heterocycles. The van der Waals surface area contributed by atoms with Gasteiger partial charge >= 0.3 is 0 Å². The highest BCUT2D eigenvalue weighted by Gasteiger charge is 2.29. The van der Waals surface area contributed by atoms with E-state index in [0.29, 0.717) is 10.3 Å². The Morgan fingerprint density at radius 1 is 1.41 bits per heavy atom. The van der Waals surface area contributed by atoms with Crippen LogP contribution in [0.25, 0.3) is 0 Å². The first-order valence-corrected chi connectivity index (χ1v) is 6.51. The van der Waals surface area contributed by atoms with Crippen molar-refractivity contribution in [2.75, 3.05) is 19.6 Å². The Balaban J connectivity index is 2.14. The number of hydrogen-bond donors (Lipinski definition) is 1. The maximum Gasteiger partial charge on any atom is 0.135 e. The van der Waals surface area contributed by atoms with E-state index in [-0.39, 0.29) is 5.54 Å². The van der Waals surface area contributed by atoms with Gasteiger partial charge in [0.15, 0.2) is 0 Å². The second-order valence-corrected chi connectivity index (χ2v) is 5.74. The average Bonchev–Trinajstić information content (AvgIpc) is 2.24. The van der Waals surface area contributed by atoms with Crippen molar-refractivity contribution in [3.63, 3.8) is 0 Å². The van der Waals surface area contributed by atoms with Crippen LogP contribution in [-0.4, -0.2) is 35.1 Å². The monoisotopic (exact) mass is 273 g/mol. The summed E-state index contributed by atoms with van der Waals surface area (Å²) >= 11 is 11.9. The molecule has 1 aromatic heterocycles. The van der Waals surface area contributed by atoms with Gasteiger partial charge in [-0.25, -0.2) is 4.98 Å². The topological polar surface area (TPSA) is 28.2 Å². The summed E-state index contributed by atoms with van der Waals surface area (Å²) in [4.78, 5) is 6.49. The van der Waals surface area contributed by atoms with Gasteiger partial charge in [-0.1, -0.05) is 29.3 Å². The average molecular weight is 274 g/mol. The van der Waals surface area contributed by atoms with Crippen molar-refractivity contribution >= 4 is 23.2 Å². The first-order chi connectivity index (χ1) is 7.99. The van der Waals surface area contributed by atoms with Crippen molar-refractivity contribution in [1.29, 1.82) is 0 Å². The molecule has 1 N–H and O–H groups in total. The van der Waals surface area contributed by atoms with Crippen molar-refractivity contribution in [1.82, 2.24) is 15.2 Å². The van der Waals surface area contributed by atoms with Gasteiger partial charge in [0.05, 0.1) is 0 Å². The van der Waals surface area contributed by atoms with Crippen LogP contribution >= 0.6 is 23.2 Å². The number of halogens is 2. The van der Waals surface area contributed by atoms with E-state index in [1.54, 1.807) is 6.07 Å². The molecule has 0 amide bonds. The standard InChI is InChI=1S/C12H17Cl2N3/c1-12(2)8-15-5-6-17(12)7-9-3-4-10(13)16-11(9)14/h3-4,15H,5-8H2,1-2H3. The molecule has 17 heavy (non-hydrogen) atoms. The van der Waals surface area contributed by atoms with Gasteiger partial charge in [-0.05, 0) is 19.9 Å². The van der Waals surface area contributed by atoms with Gasteiger partial charge < -0.3 is 5.32 Å². The fourth-order valence-corrected chi connectivity index (χ4v) is 2.48. The number of aromatic nitrogens is 1. The van der Waals surface area contributed by atoms with E-state index in [0.717, 1.165) is 31.7 Å². The quantitative estimate of drug-likeness (QED) is 0.840. The summed E-state index contributed by atoms with van der Waals surface area (Å²) in [5, 5.41) is 4.35. The summed E-state index contributed by atoms with van der Waals surface area (Å²) in [5.41, 5.74) is 1.17. The first kappa shape index (κ1) is 13.1. The molecule has 0 aliphatic carbocycles. The van der Waals surface area contributed by atoms with E-state index in [1.165, 1.54) is 0 Å². The fraction of sp³-hybridized carbons (Fsp3) is 0.583. The highest BCUT2D eigenvalue weighted by atomic mass is 35.5. The van der Waals surface area contributed by atoms with Crippen LogP contribution < -0.4 is 5.32 Å². The van der Waals surface area contributed by atoms with Crippen molar-refractivity contribution in [2.24, 2.45) is 0 Å². The van der Waals surface area contributed by atoms with Gasteiger partial charge in [-0.3, -0.25) is 4.90 Å². The molecule has 0 bridgehead atoms. The summed E-state index contributed by atoms with van der Waals surface area (Å²) in [7, 11) is 0. The third kappa shape index (κ3) is 3.10. The Kier molecular flexibility index (Phi) is 3.93. The van der Waals surface area contributed by atoms with Crippen LogP contribution in [0.5, 0.6) is 0 Å². The molecular weight excluding hydrogens is 257 g/mol. The van der Waals surface area contributed by atoms with Crippen LogP contribution in [0, 0.1) is 0 Å². The van der Waals surface area contributed by atoms with Crippen LogP contribution in [-0.2, 0) is 6.54 Å². The van der Waals surface area contributed by atoms with Gasteiger partial charge in [-0.2, -0.15) is 0 Å². The molecule has 1 aliphatic heterocycles. The normalized spacial score (nSPS) is 20.5. The van der Waals surface area contributed by atoms with Crippen molar-refractivity contribution in [3.05, 3.63) is 28.0 Å². The molecule has 0 spiro atoms. The number of pyridine rings is 1. The number of rotatable bonds is 2. The number of nitrogens with one attached hydrogen (secondary N) is 1. The summed E-state index contributed by atoms with van der Waals surface area (Å²) < 4.78 is 0. The van der Waals surface area contributed by atoms with Crippen LogP contribution in [0.1, 0.15) is 19.4 Å². The predicted octanol–water partition coefficient (Wildman–Crippen LogP) is 2.57. The molecule has 5 heteroatoms. The van der Waals surface area contributed by atoms with Crippen molar-refractivity contribution in [2.45, 2.75) is 25.9 Å². The minimum Gasteiger partial charge on any atom is -0.314 e. The molecule has 1 aliphatic rings. The maximum atomic E-state index is 6.10. The van der Waals surface area contributed by atoms with Crippen molar-refractivity contribution < 1.29 is 0 Å². The molecule has 0 unspecified atom stereocenters. The van der Waals surface area contributed by atoms with Gasteiger partial charge in [0, 0.05) is 37.3 Å². The lowest BCUT2D eigenvalue weighted by molar-refractivity contribution is 0.0827. The zero-order valence-electron chi connectivity index (χ0n) is 10.1. The molecule has 94 valence electrons. The van der Waals surface area contributed by atoms with Crippen LogP contribution in [0.4, 0.5) is 0 Å². The maximum absolute atomic E-state index is 6.10. The van der Waals surface area contributed by atoms with Gasteiger partial charge in [0.2, 0.25) is 0 Å². The van der Waals surface area contributed by atoms with Crippen LogP contribution in [0.15, 0.2) is 12.1 Å². The lowest BCUT2D eigenvalue weighted by Gasteiger charge is -2.42. The Morgan fingerprint density at radius 3 is 2.82 bits per heavy atom. The summed E-state index contributed by atoms with van der Waals surface area (Å²) in [5.74, 6) is 0. The zero-order chi connectivity index (χ0) is 12.5. The Morgan fingerprint density at radius 2 is 2.18 bits per heavy atom. The van der Waals surface area contributed by atoms with Crippen molar-refractivity contribution in [3.8, 4) is 0 Å². The van der Waals surface area contributed by atoms with E-state index >= 15 is 0 Å². The highest BCUT2D eigenvalue weighted by Crippen LogP contribution is 2.23. The van der Waals surface area contributed by atoms with Crippen LogP contribution in [0.3, 0.4) is 0 Å². The highest BCUT2D eigenvalue weighted by molar-refractivity contribution is 6.32. The number of piperazine rings is 1. The smallest absolute Gasteiger partial charge is 0.135 e. The Bertz CT molecular complexity index is 407. The molecule has 0 radical (unpaired) electrons. The molecule has 1 saturated heterocycles. The number of hydrogen-bond acceptors (Lipinski definition) is 3. The molecule has 3 nitrogen and oxygen atoms in total. The van der Waals surface area contributed by atoms with Crippen LogP contribution in [0.2, 0.25) is 10.3 Å². The van der Waals surface area contributed by atoms with Gasteiger partial charge in [0.25, 0.3) is 0 Å². The van der Waals surface area contributed by atoms with E-state index in [1.807, 2.05) is 6.07 Å². The zero-order valence-corrected chi connectivity index (χ0v) is 11.6. The molecule has 2 rings (SSSR count). The van der Waals surface area contributed by atoms with E-state index in [9.17, 15) is 0 Å². The Labute approximate surface area is 112 Å². The van der Waals surface area contributed by atoms with Gasteiger partial charge in [0.1, 0.15) is 10.3 Å². The molecule has 0 atom stereocenters. The summed E-state index contributed by atoms with van der Waals surface area (Å²) in [6.45, 7) is 8.31. The third-order valence-corrected chi connectivity index (χ3v) is 3.76. The summed E-state index contributed by atoms with van der Waals surface area (Å²) in [6, 6.07) is 3.74. The van der Waals surface area contributed by atoms with Gasteiger partial charge in [-0.15, -0.1) is 0 Å². The molecule has 1 aromatic rings. The molecular formula is C12H17Cl2N3. The first-order valence-electron chi connectivity index (χ1n) is 5.76. The molecule has 0 aromatic carbocycles. The minimum atomic E-state index is 0.140. The second kappa shape index (κ2) is 5.11. The SMILES string of the molecule is CC1(C)CNCCN1Cc1ccc(Cl)nc1Cl. The lowest BCUT2D eigenvalue weighted by Crippen LogP contribution is -2.57. The molecule has 0 saturated carbocycles. The predicted molar refractivity (Wildman–Crippen MR) is 71.6 cm³/mol. The number of nitrogens with zero attached hydrogens (tertiary/aromatic N) is 2. The van der Waals surface area contributed by atoms with E-state index in [2.05, 4.69) is 29.0 Å². The molecule has 1 fully saturated rings. The largest absolute Gasteiger partial charge is 0.314 e. The van der Waals surface area contributed by atoms with E-state index < -0.39 is 0 Å². The second-order valence-electron chi connectivity index (χ2n) is 4.99. The minimum absolute atomic E-state index is 0.140. The lowest BCUT2D eigenvalue weighted by atomic mass is 9.99. The third-order valence-electron chi connectivity index (χ3n) is 3.23.